The Kier molecular flexibility index (Phi) is 7.46. The number of ether oxygens (including phenoxy) is 1. The molecule has 0 atom stereocenters. The van der Waals surface area contributed by atoms with Gasteiger partial charge in [-0.05, 0) is 42.2 Å². The minimum atomic E-state index is 0.112. The van der Waals surface area contributed by atoms with E-state index in [-0.39, 0.29) is 5.91 Å². The van der Waals surface area contributed by atoms with Crippen LogP contribution in [0.1, 0.15) is 16.7 Å². The molecule has 2 aromatic carbocycles. The molecule has 1 aliphatic rings. The fraction of sp³-hybridized carbons (Fsp3) is 0.435. The average Bonchev–Trinajstić information content (AvgIpc) is 2.72. The maximum atomic E-state index is 12.2. The van der Waals surface area contributed by atoms with Crippen molar-refractivity contribution in [2.24, 2.45) is 0 Å². The predicted octanol–water partition coefficient (Wildman–Crippen LogP) is 2.48. The smallest absolute Gasteiger partial charge is 0.234 e. The molecule has 3 rings (SSSR count). The number of piperazine rings is 1. The van der Waals surface area contributed by atoms with E-state index in [1.54, 1.807) is 7.11 Å². The number of amides is 1. The maximum absolute atomic E-state index is 12.2. The van der Waals surface area contributed by atoms with E-state index >= 15 is 0 Å². The third-order valence-corrected chi connectivity index (χ3v) is 5.38. The molecule has 1 amide bonds. The van der Waals surface area contributed by atoms with Gasteiger partial charge in [-0.15, -0.1) is 0 Å². The molecule has 1 saturated heterocycles. The molecule has 5 heteroatoms. The van der Waals surface area contributed by atoms with Gasteiger partial charge in [-0.3, -0.25) is 14.6 Å². The van der Waals surface area contributed by atoms with Crippen LogP contribution in [0.4, 0.5) is 0 Å². The summed E-state index contributed by atoms with van der Waals surface area (Å²) in [4.78, 5) is 17.0. The number of hydrogen-bond acceptors (Lipinski definition) is 4. The molecule has 1 N–H and O–H groups in total. The molecule has 1 fully saturated rings. The van der Waals surface area contributed by atoms with Gasteiger partial charge >= 0.3 is 0 Å². The number of benzene rings is 2. The Balaban J connectivity index is 1.33. The lowest BCUT2D eigenvalue weighted by Gasteiger charge is -2.34. The zero-order valence-electron chi connectivity index (χ0n) is 17.0. The van der Waals surface area contributed by atoms with Gasteiger partial charge in [0.05, 0.1) is 13.7 Å². The number of carbonyl (C=O) groups is 1. The molecule has 0 bridgehead atoms. The minimum Gasteiger partial charge on any atom is -0.497 e. The van der Waals surface area contributed by atoms with Crippen molar-refractivity contribution in [1.82, 2.24) is 15.1 Å². The van der Waals surface area contributed by atoms with Crippen LogP contribution in [-0.4, -0.2) is 62.1 Å². The number of carbonyl (C=O) groups excluding carboxylic acids is 1. The Morgan fingerprint density at radius 2 is 1.68 bits per heavy atom. The summed E-state index contributed by atoms with van der Waals surface area (Å²) < 4.78 is 5.16. The van der Waals surface area contributed by atoms with E-state index < -0.39 is 0 Å². The van der Waals surface area contributed by atoms with Gasteiger partial charge in [-0.25, -0.2) is 0 Å². The van der Waals surface area contributed by atoms with Gasteiger partial charge < -0.3 is 10.1 Å². The van der Waals surface area contributed by atoms with Gasteiger partial charge in [0.15, 0.2) is 0 Å². The van der Waals surface area contributed by atoms with E-state index in [4.69, 9.17) is 4.74 Å². The average molecular weight is 382 g/mol. The van der Waals surface area contributed by atoms with Crippen molar-refractivity contribution in [2.45, 2.75) is 19.9 Å². The second-order valence-corrected chi connectivity index (χ2v) is 7.43. The third kappa shape index (κ3) is 6.08. The standard InChI is InChI=1S/C23H31N3O2/c1-19-5-3-4-6-21(19)17-25-13-15-26(16-14-25)18-23(27)24-12-11-20-7-9-22(28-2)10-8-20/h3-10H,11-18H2,1-2H3,(H,24,27). The number of nitrogens with zero attached hydrogens (tertiary/aromatic N) is 2. The summed E-state index contributed by atoms with van der Waals surface area (Å²) in [7, 11) is 1.66. The molecule has 0 aliphatic carbocycles. The highest BCUT2D eigenvalue weighted by Gasteiger charge is 2.19. The summed E-state index contributed by atoms with van der Waals surface area (Å²) in [6, 6.07) is 16.6. The van der Waals surface area contributed by atoms with Crippen molar-refractivity contribution in [1.29, 1.82) is 0 Å². The van der Waals surface area contributed by atoms with E-state index in [2.05, 4.69) is 46.3 Å². The van der Waals surface area contributed by atoms with E-state index in [0.717, 1.165) is 44.9 Å². The van der Waals surface area contributed by atoms with Crippen molar-refractivity contribution < 1.29 is 9.53 Å². The van der Waals surface area contributed by atoms with Crippen LogP contribution in [-0.2, 0) is 17.8 Å². The van der Waals surface area contributed by atoms with Crippen LogP contribution in [0.15, 0.2) is 48.5 Å². The minimum absolute atomic E-state index is 0.112. The molecule has 5 nitrogen and oxygen atoms in total. The third-order valence-electron chi connectivity index (χ3n) is 5.38. The van der Waals surface area contributed by atoms with Crippen LogP contribution < -0.4 is 10.1 Å². The summed E-state index contributed by atoms with van der Waals surface area (Å²) in [5, 5.41) is 3.04. The van der Waals surface area contributed by atoms with Crippen LogP contribution in [0.3, 0.4) is 0 Å². The molecule has 150 valence electrons. The second kappa shape index (κ2) is 10.2. The van der Waals surface area contributed by atoms with E-state index in [1.807, 2.05) is 24.3 Å². The van der Waals surface area contributed by atoms with Crippen LogP contribution in [0, 0.1) is 6.92 Å². The molecule has 2 aromatic rings. The highest BCUT2D eigenvalue weighted by molar-refractivity contribution is 5.78. The molecular formula is C23H31N3O2. The Bertz CT molecular complexity index is 753. The van der Waals surface area contributed by atoms with E-state index in [0.29, 0.717) is 13.1 Å². The Hall–Kier alpha value is -2.37. The van der Waals surface area contributed by atoms with Crippen molar-refractivity contribution in [3.05, 3.63) is 65.2 Å². The SMILES string of the molecule is COc1ccc(CCNC(=O)CN2CCN(Cc3ccccc3C)CC2)cc1. The first kappa shape index (κ1) is 20.4. The lowest BCUT2D eigenvalue weighted by molar-refractivity contribution is -0.122. The molecule has 0 saturated carbocycles. The quantitative estimate of drug-likeness (QED) is 0.763. The topological polar surface area (TPSA) is 44.8 Å². The summed E-state index contributed by atoms with van der Waals surface area (Å²) >= 11 is 0. The largest absolute Gasteiger partial charge is 0.497 e. The molecule has 0 radical (unpaired) electrons. The summed E-state index contributed by atoms with van der Waals surface area (Å²) in [6.07, 6.45) is 0.833. The first-order valence-electron chi connectivity index (χ1n) is 10.0. The lowest BCUT2D eigenvalue weighted by Crippen LogP contribution is -2.49. The molecule has 1 heterocycles. The zero-order chi connectivity index (χ0) is 19.8. The van der Waals surface area contributed by atoms with Crippen molar-refractivity contribution in [2.75, 3.05) is 46.4 Å². The normalized spacial score (nSPS) is 15.4. The molecule has 1 aliphatic heterocycles. The van der Waals surface area contributed by atoms with Gasteiger partial charge in [0.1, 0.15) is 5.75 Å². The van der Waals surface area contributed by atoms with E-state index in [1.165, 1.54) is 16.7 Å². The molecule has 0 unspecified atom stereocenters. The summed E-state index contributed by atoms with van der Waals surface area (Å²) in [6.45, 7) is 8.21. The number of nitrogens with one attached hydrogen (secondary N) is 1. The maximum Gasteiger partial charge on any atom is 0.234 e. The predicted molar refractivity (Wildman–Crippen MR) is 113 cm³/mol. The van der Waals surface area contributed by atoms with Crippen LogP contribution in [0.25, 0.3) is 0 Å². The van der Waals surface area contributed by atoms with Gasteiger partial charge in [-0.1, -0.05) is 36.4 Å². The lowest BCUT2D eigenvalue weighted by atomic mass is 10.1. The highest BCUT2D eigenvalue weighted by atomic mass is 16.5. The first-order chi connectivity index (χ1) is 13.6. The van der Waals surface area contributed by atoms with Crippen molar-refractivity contribution >= 4 is 5.91 Å². The van der Waals surface area contributed by atoms with Crippen LogP contribution in [0.2, 0.25) is 0 Å². The Morgan fingerprint density at radius 3 is 2.36 bits per heavy atom. The number of aryl methyl sites for hydroxylation is 1. The molecule has 28 heavy (non-hydrogen) atoms. The fourth-order valence-corrected chi connectivity index (χ4v) is 3.53. The van der Waals surface area contributed by atoms with Crippen LogP contribution in [0.5, 0.6) is 5.75 Å². The summed E-state index contributed by atoms with van der Waals surface area (Å²) in [5.74, 6) is 0.968. The van der Waals surface area contributed by atoms with E-state index in [9.17, 15) is 4.79 Å². The Morgan fingerprint density at radius 1 is 1.00 bits per heavy atom. The summed E-state index contributed by atoms with van der Waals surface area (Å²) in [5.41, 5.74) is 3.94. The van der Waals surface area contributed by atoms with Gasteiger partial charge in [0.25, 0.3) is 0 Å². The van der Waals surface area contributed by atoms with Gasteiger partial charge in [0, 0.05) is 39.3 Å². The number of rotatable bonds is 8. The van der Waals surface area contributed by atoms with Gasteiger partial charge in [-0.2, -0.15) is 0 Å². The molecule has 0 aromatic heterocycles. The number of methoxy groups -OCH3 is 1. The monoisotopic (exact) mass is 381 g/mol. The van der Waals surface area contributed by atoms with Gasteiger partial charge in [0.2, 0.25) is 5.91 Å². The van der Waals surface area contributed by atoms with Crippen molar-refractivity contribution in [3.63, 3.8) is 0 Å². The van der Waals surface area contributed by atoms with Crippen LogP contribution >= 0.6 is 0 Å². The second-order valence-electron chi connectivity index (χ2n) is 7.43. The van der Waals surface area contributed by atoms with Crippen molar-refractivity contribution in [3.8, 4) is 5.75 Å². The first-order valence-corrected chi connectivity index (χ1v) is 10.0. The molecule has 0 spiro atoms. The highest BCUT2D eigenvalue weighted by Crippen LogP contribution is 2.13. The fourth-order valence-electron chi connectivity index (χ4n) is 3.53. The molecular weight excluding hydrogens is 350 g/mol. The number of hydrogen-bond donors (Lipinski definition) is 1. The zero-order valence-corrected chi connectivity index (χ0v) is 17.0. The Labute approximate surface area is 168 Å².